The van der Waals surface area contributed by atoms with Crippen LogP contribution in [0.3, 0.4) is 0 Å². The normalized spacial score (nSPS) is 18.6. The highest BCUT2D eigenvalue weighted by Crippen LogP contribution is 2.27. The Kier molecular flexibility index (Phi) is 3.28. The van der Waals surface area contributed by atoms with E-state index in [1.807, 2.05) is 18.2 Å². The predicted octanol–water partition coefficient (Wildman–Crippen LogP) is 2.96. The van der Waals surface area contributed by atoms with Gasteiger partial charge in [-0.3, -0.25) is 0 Å². The summed E-state index contributed by atoms with van der Waals surface area (Å²) < 4.78 is 5.19. The Hall–Kier alpha value is -2.03. The van der Waals surface area contributed by atoms with Crippen LogP contribution in [0.2, 0.25) is 0 Å². The molecule has 0 amide bonds. The van der Waals surface area contributed by atoms with E-state index in [1.54, 1.807) is 19.2 Å². The topological polar surface area (TPSA) is 46.5 Å². The van der Waals surface area contributed by atoms with Crippen molar-refractivity contribution >= 4 is 5.97 Å². The third kappa shape index (κ3) is 2.56. The van der Waals surface area contributed by atoms with E-state index < -0.39 is 5.97 Å². The molecule has 0 spiro atoms. The smallest absolute Gasteiger partial charge is 0.335 e. The molecule has 1 aliphatic rings. The van der Waals surface area contributed by atoms with Gasteiger partial charge in [-0.15, -0.1) is 0 Å². The summed E-state index contributed by atoms with van der Waals surface area (Å²) in [5.74, 6) is 0.217. The fraction of sp³-hybridized carbons (Fsp3) is 0.214. The Morgan fingerprint density at radius 3 is 2.65 bits per heavy atom. The van der Waals surface area contributed by atoms with Crippen molar-refractivity contribution in [1.82, 2.24) is 0 Å². The number of carboxylic acid groups (broad SMARTS) is 1. The molecule has 3 heteroatoms. The highest BCUT2D eigenvalue weighted by molar-refractivity contribution is 5.87. The minimum atomic E-state index is -0.895. The molecular weight excluding hydrogens is 216 g/mol. The zero-order valence-electron chi connectivity index (χ0n) is 9.59. The monoisotopic (exact) mass is 230 g/mol. The molecule has 2 rings (SSSR count). The molecule has 1 atom stereocenters. The van der Waals surface area contributed by atoms with Gasteiger partial charge in [0.1, 0.15) is 5.76 Å². The van der Waals surface area contributed by atoms with Gasteiger partial charge in [0.25, 0.3) is 0 Å². The molecule has 0 aromatic heterocycles. The van der Waals surface area contributed by atoms with Crippen molar-refractivity contribution in [1.29, 1.82) is 0 Å². The first-order chi connectivity index (χ1) is 8.20. The summed E-state index contributed by atoms with van der Waals surface area (Å²) in [4.78, 5) is 10.7. The van der Waals surface area contributed by atoms with Crippen molar-refractivity contribution in [3.05, 3.63) is 59.4 Å². The van der Waals surface area contributed by atoms with Crippen LogP contribution in [0.15, 0.2) is 48.3 Å². The summed E-state index contributed by atoms with van der Waals surface area (Å²) in [6, 6.07) is 6.99. The lowest BCUT2D eigenvalue weighted by Gasteiger charge is -2.16. The van der Waals surface area contributed by atoms with Crippen LogP contribution < -0.4 is 0 Å². The molecule has 1 aromatic rings. The van der Waals surface area contributed by atoms with Gasteiger partial charge in [-0.25, -0.2) is 4.79 Å². The molecule has 1 aromatic carbocycles. The summed E-state index contributed by atoms with van der Waals surface area (Å²) in [6.45, 7) is 0. The van der Waals surface area contributed by atoms with Crippen LogP contribution in [0, 0.1) is 0 Å². The second-order valence-electron chi connectivity index (χ2n) is 3.94. The van der Waals surface area contributed by atoms with Crippen molar-refractivity contribution in [3.8, 4) is 0 Å². The largest absolute Gasteiger partial charge is 0.497 e. The van der Waals surface area contributed by atoms with E-state index in [9.17, 15) is 4.79 Å². The molecule has 3 nitrogen and oxygen atoms in total. The lowest BCUT2D eigenvalue weighted by Crippen LogP contribution is -2.02. The summed E-state index contributed by atoms with van der Waals surface area (Å²) in [6.07, 6.45) is 6.98. The maximum Gasteiger partial charge on any atom is 0.335 e. The standard InChI is InChI=1S/C14H14O3/c1-17-13-4-2-3-12(9-13)10-5-7-11(8-6-10)14(15)16/h2,4-9,12H,3H2,1H3,(H,15,16). The van der Waals surface area contributed by atoms with Gasteiger partial charge >= 0.3 is 5.97 Å². The average molecular weight is 230 g/mol. The molecule has 88 valence electrons. The van der Waals surface area contributed by atoms with Crippen LogP contribution in [0.4, 0.5) is 0 Å². The first-order valence-corrected chi connectivity index (χ1v) is 5.46. The summed E-state index contributed by atoms with van der Waals surface area (Å²) in [7, 11) is 1.64. The predicted molar refractivity (Wildman–Crippen MR) is 65.0 cm³/mol. The maximum atomic E-state index is 10.7. The number of rotatable bonds is 3. The molecule has 0 radical (unpaired) electrons. The van der Waals surface area contributed by atoms with Crippen LogP contribution >= 0.6 is 0 Å². The van der Waals surface area contributed by atoms with Gasteiger partial charge in [-0.05, 0) is 36.3 Å². The van der Waals surface area contributed by atoms with Crippen molar-refractivity contribution in [2.45, 2.75) is 12.3 Å². The van der Waals surface area contributed by atoms with Crippen molar-refractivity contribution in [2.24, 2.45) is 0 Å². The molecular formula is C14H14O3. The number of carbonyl (C=O) groups is 1. The molecule has 1 N–H and O–H groups in total. The third-order valence-electron chi connectivity index (χ3n) is 2.86. The van der Waals surface area contributed by atoms with Crippen LogP contribution in [0.1, 0.15) is 28.3 Å². The van der Waals surface area contributed by atoms with Crippen LogP contribution in [0.5, 0.6) is 0 Å². The number of hydrogen-bond acceptors (Lipinski definition) is 2. The zero-order chi connectivity index (χ0) is 12.3. The molecule has 1 unspecified atom stereocenters. The molecule has 0 saturated carbocycles. The highest BCUT2D eigenvalue weighted by Gasteiger charge is 2.12. The van der Waals surface area contributed by atoms with E-state index in [-0.39, 0.29) is 5.92 Å². The number of aromatic carboxylic acids is 1. The van der Waals surface area contributed by atoms with Gasteiger partial charge in [0.15, 0.2) is 0 Å². The number of ether oxygens (including phenoxy) is 1. The van der Waals surface area contributed by atoms with Crippen molar-refractivity contribution < 1.29 is 14.6 Å². The minimum Gasteiger partial charge on any atom is -0.497 e. The Labute approximate surface area is 100 Å². The SMILES string of the molecule is COC1=CC(c2ccc(C(=O)O)cc2)CC=C1. The van der Waals surface area contributed by atoms with Crippen LogP contribution in [0.25, 0.3) is 0 Å². The fourth-order valence-electron chi connectivity index (χ4n) is 1.89. The quantitative estimate of drug-likeness (QED) is 0.868. The fourth-order valence-corrected chi connectivity index (χ4v) is 1.89. The summed E-state index contributed by atoms with van der Waals surface area (Å²) >= 11 is 0. The van der Waals surface area contributed by atoms with Gasteiger partial charge in [-0.1, -0.05) is 18.2 Å². The van der Waals surface area contributed by atoms with E-state index in [1.165, 1.54) is 0 Å². The molecule has 0 heterocycles. The minimum absolute atomic E-state index is 0.262. The lowest BCUT2D eigenvalue weighted by atomic mass is 9.91. The Morgan fingerprint density at radius 2 is 2.06 bits per heavy atom. The van der Waals surface area contributed by atoms with E-state index >= 15 is 0 Å². The van der Waals surface area contributed by atoms with Gasteiger partial charge in [-0.2, -0.15) is 0 Å². The van der Waals surface area contributed by atoms with Crippen molar-refractivity contribution in [3.63, 3.8) is 0 Å². The summed E-state index contributed by atoms with van der Waals surface area (Å²) in [5, 5.41) is 8.82. The number of methoxy groups -OCH3 is 1. The van der Waals surface area contributed by atoms with Crippen molar-refractivity contribution in [2.75, 3.05) is 7.11 Å². The second kappa shape index (κ2) is 4.87. The second-order valence-corrected chi connectivity index (χ2v) is 3.94. The lowest BCUT2D eigenvalue weighted by molar-refractivity contribution is 0.0697. The van der Waals surface area contributed by atoms with Crippen LogP contribution in [-0.2, 0) is 4.74 Å². The van der Waals surface area contributed by atoms with Crippen LogP contribution in [-0.4, -0.2) is 18.2 Å². The third-order valence-corrected chi connectivity index (χ3v) is 2.86. The van der Waals surface area contributed by atoms with Gasteiger partial charge in [0, 0.05) is 5.92 Å². The van der Waals surface area contributed by atoms with E-state index in [4.69, 9.17) is 9.84 Å². The van der Waals surface area contributed by atoms with E-state index in [2.05, 4.69) is 12.2 Å². The summed E-state index contributed by atoms with van der Waals surface area (Å²) in [5.41, 5.74) is 1.42. The average Bonchev–Trinajstić information content (AvgIpc) is 2.39. The molecule has 0 bridgehead atoms. The number of hydrogen-bond donors (Lipinski definition) is 1. The molecule has 1 aliphatic carbocycles. The first kappa shape index (κ1) is 11.5. The number of benzene rings is 1. The zero-order valence-corrected chi connectivity index (χ0v) is 9.59. The molecule has 0 saturated heterocycles. The molecule has 0 fully saturated rings. The van der Waals surface area contributed by atoms with Gasteiger partial charge in [0.05, 0.1) is 12.7 Å². The Bertz CT molecular complexity index is 469. The van der Waals surface area contributed by atoms with Gasteiger partial charge < -0.3 is 9.84 Å². The maximum absolute atomic E-state index is 10.7. The first-order valence-electron chi connectivity index (χ1n) is 5.46. The van der Waals surface area contributed by atoms with Gasteiger partial charge in [0.2, 0.25) is 0 Å². The molecule has 17 heavy (non-hydrogen) atoms. The molecule has 0 aliphatic heterocycles. The Morgan fingerprint density at radius 1 is 1.35 bits per heavy atom. The Balaban J connectivity index is 2.21. The number of allylic oxidation sites excluding steroid dienone is 3. The highest BCUT2D eigenvalue weighted by atomic mass is 16.5. The number of carboxylic acids is 1. The van der Waals surface area contributed by atoms with E-state index in [0.717, 1.165) is 17.7 Å². The van der Waals surface area contributed by atoms with E-state index in [0.29, 0.717) is 5.56 Å².